The third-order valence-corrected chi connectivity index (χ3v) is 5.37. The zero-order chi connectivity index (χ0) is 19.5. The molecule has 1 aliphatic heterocycles. The van der Waals surface area contributed by atoms with E-state index in [1.54, 1.807) is 0 Å². The lowest BCUT2D eigenvalue weighted by molar-refractivity contribution is -0.144. The van der Waals surface area contributed by atoms with Gasteiger partial charge in [0.1, 0.15) is 18.4 Å². The first kappa shape index (κ1) is 18.5. The summed E-state index contributed by atoms with van der Waals surface area (Å²) in [7, 11) is 2.07. The van der Waals surface area contributed by atoms with Gasteiger partial charge in [-0.2, -0.15) is 0 Å². The van der Waals surface area contributed by atoms with E-state index in [0.29, 0.717) is 6.61 Å². The van der Waals surface area contributed by atoms with Crippen LogP contribution in [0.2, 0.25) is 0 Å². The second-order valence-electron chi connectivity index (χ2n) is 7.31. The molecule has 0 radical (unpaired) electrons. The average Bonchev–Trinajstić information content (AvgIpc) is 3.11. The molecule has 1 atom stereocenters. The van der Waals surface area contributed by atoms with Crippen molar-refractivity contribution in [3.05, 3.63) is 65.9 Å². The Balaban J connectivity index is 1.55. The van der Waals surface area contributed by atoms with Gasteiger partial charge in [-0.3, -0.25) is 9.69 Å². The minimum Gasteiger partial charge on any atom is -0.489 e. The number of nitrogens with zero attached hydrogens (tertiary/aromatic N) is 2. The monoisotopic (exact) mass is 379 g/mol. The highest BCUT2D eigenvalue weighted by atomic mass is 16.5. The number of aliphatic carboxylic acids is 1. The summed E-state index contributed by atoms with van der Waals surface area (Å²) < 4.78 is 5.89. The molecule has 1 fully saturated rings. The SMILES string of the molecule is CN1CCN([C@@H](C(=O)O)c2c[nH]c3cc(OCc4ccccc4)ccc23)CC1. The van der Waals surface area contributed by atoms with Crippen molar-refractivity contribution in [2.45, 2.75) is 12.6 Å². The van der Waals surface area contributed by atoms with Gasteiger partial charge in [-0.05, 0) is 24.7 Å². The van der Waals surface area contributed by atoms with Crippen LogP contribution in [-0.2, 0) is 11.4 Å². The average molecular weight is 379 g/mol. The third kappa shape index (κ3) is 3.88. The molecule has 0 bridgehead atoms. The Hall–Kier alpha value is -2.83. The first-order chi connectivity index (χ1) is 13.6. The van der Waals surface area contributed by atoms with Crippen molar-refractivity contribution < 1.29 is 14.6 Å². The molecule has 3 aromatic rings. The van der Waals surface area contributed by atoms with Crippen molar-refractivity contribution in [2.24, 2.45) is 0 Å². The van der Waals surface area contributed by atoms with Gasteiger partial charge in [0.05, 0.1) is 0 Å². The molecule has 6 nitrogen and oxygen atoms in total. The predicted octanol–water partition coefficient (Wildman–Crippen LogP) is 3.12. The van der Waals surface area contributed by atoms with Gasteiger partial charge in [-0.15, -0.1) is 0 Å². The molecule has 2 heterocycles. The van der Waals surface area contributed by atoms with E-state index in [9.17, 15) is 9.90 Å². The minimum absolute atomic E-state index is 0.499. The molecule has 0 aliphatic carbocycles. The normalized spacial score (nSPS) is 16.9. The summed E-state index contributed by atoms with van der Waals surface area (Å²) in [5, 5.41) is 10.8. The Kier molecular flexibility index (Phi) is 5.32. The molecule has 2 N–H and O–H groups in total. The Bertz CT molecular complexity index is 946. The molecule has 1 aliphatic rings. The van der Waals surface area contributed by atoms with Crippen molar-refractivity contribution in [3.63, 3.8) is 0 Å². The van der Waals surface area contributed by atoms with Crippen molar-refractivity contribution in [1.82, 2.24) is 14.8 Å². The van der Waals surface area contributed by atoms with Crippen molar-refractivity contribution in [2.75, 3.05) is 33.2 Å². The summed E-state index contributed by atoms with van der Waals surface area (Å²) in [6.07, 6.45) is 1.82. The van der Waals surface area contributed by atoms with Gasteiger partial charge in [0.25, 0.3) is 0 Å². The molecule has 0 saturated carbocycles. The fourth-order valence-electron chi connectivity index (χ4n) is 3.75. The standard InChI is InChI=1S/C22H25N3O3/c1-24-9-11-25(12-10-24)21(22(26)27)19-14-23-20-13-17(7-8-18(19)20)28-15-16-5-3-2-4-6-16/h2-8,13-14,21,23H,9-12,15H2,1H3,(H,26,27)/t21-/m1/s1. The topological polar surface area (TPSA) is 68.8 Å². The maximum atomic E-state index is 12.1. The Labute approximate surface area is 164 Å². The number of hydrogen-bond acceptors (Lipinski definition) is 4. The van der Waals surface area contributed by atoms with Crippen LogP contribution >= 0.6 is 0 Å². The van der Waals surface area contributed by atoms with E-state index in [2.05, 4.69) is 16.9 Å². The number of ether oxygens (including phenoxy) is 1. The second-order valence-corrected chi connectivity index (χ2v) is 7.31. The van der Waals surface area contributed by atoms with Crippen LogP contribution in [0.3, 0.4) is 0 Å². The zero-order valence-corrected chi connectivity index (χ0v) is 16.0. The number of hydrogen-bond donors (Lipinski definition) is 2. The van der Waals surface area contributed by atoms with E-state index in [1.165, 1.54) is 0 Å². The van der Waals surface area contributed by atoms with E-state index >= 15 is 0 Å². The highest BCUT2D eigenvalue weighted by Crippen LogP contribution is 2.31. The molecule has 28 heavy (non-hydrogen) atoms. The molecule has 0 amide bonds. The predicted molar refractivity (Wildman–Crippen MR) is 109 cm³/mol. The van der Waals surface area contributed by atoms with Crippen LogP contribution in [0.5, 0.6) is 5.75 Å². The number of likely N-dealkylation sites (N-methyl/N-ethyl adjacent to an activating group) is 1. The lowest BCUT2D eigenvalue weighted by Gasteiger charge is -2.36. The highest BCUT2D eigenvalue weighted by molar-refractivity contribution is 5.90. The van der Waals surface area contributed by atoms with Gasteiger partial charge >= 0.3 is 5.97 Å². The van der Waals surface area contributed by atoms with E-state index in [4.69, 9.17) is 4.74 Å². The summed E-state index contributed by atoms with van der Waals surface area (Å²) in [6, 6.07) is 15.2. The number of aromatic nitrogens is 1. The Morgan fingerprint density at radius 1 is 1.14 bits per heavy atom. The number of aromatic amines is 1. The molecule has 4 rings (SSSR count). The lowest BCUT2D eigenvalue weighted by atomic mass is 10.0. The molecule has 2 aromatic carbocycles. The van der Waals surface area contributed by atoms with Gasteiger partial charge in [-0.25, -0.2) is 0 Å². The van der Waals surface area contributed by atoms with Gasteiger partial charge in [-0.1, -0.05) is 30.3 Å². The number of rotatable bonds is 6. The number of carboxylic acids is 1. The quantitative estimate of drug-likeness (QED) is 0.689. The van der Waals surface area contributed by atoms with Crippen LogP contribution in [0.25, 0.3) is 10.9 Å². The molecule has 1 saturated heterocycles. The van der Waals surface area contributed by atoms with Crippen LogP contribution in [0.4, 0.5) is 0 Å². The number of carboxylic acid groups (broad SMARTS) is 1. The number of fused-ring (bicyclic) bond motifs is 1. The largest absolute Gasteiger partial charge is 0.489 e. The third-order valence-electron chi connectivity index (χ3n) is 5.37. The molecule has 0 spiro atoms. The first-order valence-corrected chi connectivity index (χ1v) is 9.55. The number of piperazine rings is 1. The zero-order valence-electron chi connectivity index (χ0n) is 16.0. The molecule has 146 valence electrons. The summed E-state index contributed by atoms with van der Waals surface area (Å²) in [5.41, 5.74) is 2.80. The highest BCUT2D eigenvalue weighted by Gasteiger charge is 2.31. The maximum Gasteiger partial charge on any atom is 0.325 e. The molecular formula is C22H25N3O3. The Morgan fingerprint density at radius 3 is 2.61 bits per heavy atom. The lowest BCUT2D eigenvalue weighted by Crippen LogP contribution is -2.47. The number of nitrogens with one attached hydrogen (secondary N) is 1. The van der Waals surface area contributed by atoms with Gasteiger partial charge in [0.2, 0.25) is 0 Å². The van der Waals surface area contributed by atoms with E-state index < -0.39 is 12.0 Å². The smallest absolute Gasteiger partial charge is 0.325 e. The minimum atomic E-state index is -0.810. The summed E-state index contributed by atoms with van der Waals surface area (Å²) in [6.45, 7) is 3.75. The van der Waals surface area contributed by atoms with Crippen molar-refractivity contribution in [3.8, 4) is 5.75 Å². The van der Waals surface area contributed by atoms with Gasteiger partial charge < -0.3 is 19.7 Å². The first-order valence-electron chi connectivity index (χ1n) is 9.55. The molecular weight excluding hydrogens is 354 g/mol. The molecule has 1 aromatic heterocycles. The summed E-state index contributed by atoms with van der Waals surface area (Å²) in [5.74, 6) is -0.0499. The second kappa shape index (κ2) is 8.04. The van der Waals surface area contributed by atoms with Gasteiger partial charge in [0.15, 0.2) is 0 Å². The van der Waals surface area contributed by atoms with E-state index in [1.807, 2.05) is 59.6 Å². The van der Waals surface area contributed by atoms with Crippen LogP contribution in [0, 0.1) is 0 Å². The van der Waals surface area contributed by atoms with Crippen LogP contribution in [0.15, 0.2) is 54.7 Å². The summed E-state index contributed by atoms with van der Waals surface area (Å²) in [4.78, 5) is 19.6. The maximum absolute atomic E-state index is 12.1. The summed E-state index contributed by atoms with van der Waals surface area (Å²) >= 11 is 0. The fraction of sp³-hybridized carbons (Fsp3) is 0.318. The van der Waals surface area contributed by atoms with Crippen molar-refractivity contribution in [1.29, 1.82) is 0 Å². The molecule has 0 unspecified atom stereocenters. The Morgan fingerprint density at radius 2 is 1.89 bits per heavy atom. The number of carbonyl (C=O) groups is 1. The fourth-order valence-corrected chi connectivity index (χ4v) is 3.75. The van der Waals surface area contributed by atoms with Crippen LogP contribution < -0.4 is 4.74 Å². The number of H-pyrrole nitrogens is 1. The molecule has 6 heteroatoms. The van der Waals surface area contributed by atoms with Crippen molar-refractivity contribution >= 4 is 16.9 Å². The van der Waals surface area contributed by atoms with E-state index in [0.717, 1.165) is 54.0 Å². The van der Waals surface area contributed by atoms with Crippen LogP contribution in [-0.4, -0.2) is 59.1 Å². The van der Waals surface area contributed by atoms with Gasteiger partial charge in [0, 0.05) is 54.9 Å². The van der Waals surface area contributed by atoms with Crippen LogP contribution in [0.1, 0.15) is 17.2 Å². The number of benzene rings is 2. The van der Waals surface area contributed by atoms with E-state index in [-0.39, 0.29) is 0 Å².